The number of hydrogen-bond donors (Lipinski definition) is 0. The third kappa shape index (κ3) is 3.50. The zero-order chi connectivity index (χ0) is 24.4. The summed E-state index contributed by atoms with van der Waals surface area (Å²) in [6, 6.07) is 18.6. The topological polar surface area (TPSA) is 77.3 Å². The van der Waals surface area contributed by atoms with E-state index in [2.05, 4.69) is 75.4 Å². The molecule has 0 saturated carbocycles. The number of aryl methyl sites for hydroxylation is 3. The summed E-state index contributed by atoms with van der Waals surface area (Å²) < 4.78 is 3.33. The van der Waals surface area contributed by atoms with E-state index in [0.29, 0.717) is 17.5 Å². The Balaban J connectivity index is 1.47. The van der Waals surface area contributed by atoms with E-state index in [1.165, 1.54) is 0 Å². The van der Waals surface area contributed by atoms with E-state index < -0.39 is 0 Å². The molecule has 7 aromatic rings. The maximum Gasteiger partial charge on any atom is 0.193 e. The summed E-state index contributed by atoms with van der Waals surface area (Å²) in [6.45, 7) is 6.22. The fourth-order valence-corrected chi connectivity index (χ4v) is 7.14. The molecule has 6 nitrogen and oxygen atoms in total. The summed E-state index contributed by atoms with van der Waals surface area (Å²) in [5.41, 5.74) is 6.33. The second-order valence-electron chi connectivity index (χ2n) is 8.63. The van der Waals surface area contributed by atoms with Crippen LogP contribution in [-0.2, 0) is 0 Å². The smallest absolute Gasteiger partial charge is 0.193 e. The number of hydrogen-bond acceptors (Lipinski definition) is 9. The van der Waals surface area contributed by atoms with E-state index in [-0.39, 0.29) is 0 Å². The van der Waals surface area contributed by atoms with Crippen LogP contribution in [0.2, 0.25) is 0 Å². The van der Waals surface area contributed by atoms with Crippen molar-refractivity contribution in [3.63, 3.8) is 0 Å². The molecular formula is C27H18N6S3. The van der Waals surface area contributed by atoms with Gasteiger partial charge in [-0.15, -0.1) is 34.0 Å². The Morgan fingerprint density at radius 2 is 0.722 bits per heavy atom. The van der Waals surface area contributed by atoms with Crippen molar-refractivity contribution in [3.8, 4) is 32.5 Å². The number of aromatic nitrogens is 6. The summed E-state index contributed by atoms with van der Waals surface area (Å²) >= 11 is 4.77. The van der Waals surface area contributed by atoms with Gasteiger partial charge in [0.25, 0.3) is 0 Å². The van der Waals surface area contributed by atoms with Crippen molar-refractivity contribution < 1.29 is 0 Å². The second-order valence-corrected chi connectivity index (χ2v) is 11.7. The molecule has 0 atom stereocenters. The molecular weight excluding hydrogens is 505 g/mol. The highest BCUT2D eigenvalue weighted by atomic mass is 32.1. The molecule has 3 aromatic carbocycles. The van der Waals surface area contributed by atoms with E-state index >= 15 is 0 Å². The monoisotopic (exact) mass is 522 g/mol. The zero-order valence-corrected chi connectivity index (χ0v) is 22.1. The molecule has 36 heavy (non-hydrogen) atoms. The van der Waals surface area contributed by atoms with E-state index in [1.807, 2.05) is 0 Å². The molecule has 4 aromatic heterocycles. The van der Waals surface area contributed by atoms with Crippen molar-refractivity contribution in [3.05, 3.63) is 71.3 Å². The van der Waals surface area contributed by atoms with Crippen LogP contribution in [0.15, 0.2) is 54.6 Å². The molecule has 0 aliphatic carbocycles. The number of thiazole rings is 3. The molecule has 7 rings (SSSR count). The molecule has 0 radical (unpaired) electrons. The summed E-state index contributed by atoms with van der Waals surface area (Å²) in [5.74, 6) is 1.63. The molecule has 0 amide bonds. The van der Waals surface area contributed by atoms with Gasteiger partial charge in [-0.2, -0.15) is 0 Å². The van der Waals surface area contributed by atoms with Crippen molar-refractivity contribution in [2.75, 3.05) is 0 Å². The Morgan fingerprint density at radius 3 is 1.00 bits per heavy atom. The first-order valence-corrected chi connectivity index (χ1v) is 13.8. The molecule has 0 unspecified atom stereocenters. The molecule has 0 saturated heterocycles. The van der Waals surface area contributed by atoms with Gasteiger partial charge in [-0.05, 0) is 55.7 Å². The minimum absolute atomic E-state index is 0.544. The van der Waals surface area contributed by atoms with Crippen LogP contribution in [0.5, 0.6) is 0 Å². The van der Waals surface area contributed by atoms with Crippen LogP contribution >= 0.6 is 34.0 Å². The van der Waals surface area contributed by atoms with Crippen LogP contribution in [-0.4, -0.2) is 29.9 Å². The molecule has 4 heterocycles. The highest BCUT2D eigenvalue weighted by Gasteiger charge is 2.20. The summed E-state index contributed by atoms with van der Waals surface area (Å²) in [7, 11) is 0. The lowest BCUT2D eigenvalue weighted by atomic mass is 10.2. The van der Waals surface area contributed by atoms with Gasteiger partial charge in [0.15, 0.2) is 32.5 Å². The lowest BCUT2D eigenvalue weighted by molar-refractivity contribution is 1.06. The van der Waals surface area contributed by atoms with Gasteiger partial charge < -0.3 is 0 Å². The van der Waals surface area contributed by atoms with E-state index in [4.69, 9.17) is 29.9 Å². The lowest BCUT2D eigenvalue weighted by Gasteiger charge is -2.02. The van der Waals surface area contributed by atoms with Gasteiger partial charge in [0.1, 0.15) is 0 Å². The van der Waals surface area contributed by atoms with E-state index in [0.717, 1.165) is 62.4 Å². The van der Waals surface area contributed by atoms with Crippen LogP contribution in [0, 0.1) is 20.8 Å². The molecule has 0 N–H and O–H groups in total. The number of rotatable bonds is 3. The quantitative estimate of drug-likeness (QED) is 0.237. The van der Waals surface area contributed by atoms with Crippen molar-refractivity contribution in [1.29, 1.82) is 0 Å². The summed E-state index contributed by atoms with van der Waals surface area (Å²) in [4.78, 5) is 29.3. The zero-order valence-electron chi connectivity index (χ0n) is 19.6. The lowest BCUT2D eigenvalue weighted by Crippen LogP contribution is -1.99. The van der Waals surface area contributed by atoms with Crippen LogP contribution in [0.1, 0.15) is 16.7 Å². The average Bonchev–Trinajstić information content (AvgIpc) is 3.61. The maximum atomic E-state index is 4.90. The number of para-hydroxylation sites is 3. The first-order valence-electron chi connectivity index (χ1n) is 11.4. The van der Waals surface area contributed by atoms with Crippen molar-refractivity contribution >= 4 is 64.7 Å². The highest BCUT2D eigenvalue weighted by molar-refractivity contribution is 7.22. The molecule has 0 aliphatic rings. The Labute approximate surface area is 218 Å². The molecule has 9 heteroatoms. The van der Waals surface area contributed by atoms with Crippen LogP contribution < -0.4 is 0 Å². The normalized spacial score (nSPS) is 11.8. The summed E-state index contributed by atoms with van der Waals surface area (Å²) in [5, 5.41) is 2.29. The molecule has 174 valence electrons. The Bertz CT molecular complexity index is 1710. The van der Waals surface area contributed by atoms with Gasteiger partial charge in [-0.1, -0.05) is 36.4 Å². The third-order valence-corrected chi connectivity index (χ3v) is 9.12. The van der Waals surface area contributed by atoms with Gasteiger partial charge in [-0.25, -0.2) is 29.9 Å². The predicted molar refractivity (Wildman–Crippen MR) is 150 cm³/mol. The van der Waals surface area contributed by atoms with Crippen LogP contribution in [0.25, 0.3) is 63.1 Å². The van der Waals surface area contributed by atoms with Crippen molar-refractivity contribution in [2.24, 2.45) is 0 Å². The van der Waals surface area contributed by atoms with Crippen LogP contribution in [0.3, 0.4) is 0 Å². The highest BCUT2D eigenvalue weighted by Crippen LogP contribution is 2.36. The largest absolute Gasteiger partial charge is 0.232 e. The minimum Gasteiger partial charge on any atom is -0.232 e. The molecule has 0 spiro atoms. The van der Waals surface area contributed by atoms with Crippen molar-refractivity contribution in [1.82, 2.24) is 29.9 Å². The van der Waals surface area contributed by atoms with Gasteiger partial charge in [0.05, 0.1) is 30.6 Å². The fraction of sp³-hybridized carbons (Fsp3) is 0.111. The standard InChI is InChI=1S/C27H18N6S3/c1-13-7-4-10-16-19(13)28-25(34-16)22-31-23(26-29-20-14(2)8-5-11-17(20)35-26)33-24(32-22)27-30-21-15(3)9-6-12-18(21)36-27/h4-12H,1-3H3. The average molecular weight is 523 g/mol. The first-order chi connectivity index (χ1) is 17.5. The number of benzene rings is 3. The molecule has 0 fully saturated rings. The Kier molecular flexibility index (Phi) is 4.92. The second kappa shape index (κ2) is 8.19. The van der Waals surface area contributed by atoms with Gasteiger partial charge in [0.2, 0.25) is 0 Å². The van der Waals surface area contributed by atoms with E-state index in [1.54, 1.807) is 34.0 Å². The van der Waals surface area contributed by atoms with Gasteiger partial charge >= 0.3 is 0 Å². The SMILES string of the molecule is Cc1cccc2sc(-c3nc(-c4nc5c(C)cccc5s4)nc(-c4nc5c(C)cccc5s4)n3)nc12. The molecule has 0 bridgehead atoms. The van der Waals surface area contributed by atoms with Crippen molar-refractivity contribution in [2.45, 2.75) is 20.8 Å². The van der Waals surface area contributed by atoms with Gasteiger partial charge in [-0.3, -0.25) is 0 Å². The summed E-state index contributed by atoms with van der Waals surface area (Å²) in [6.07, 6.45) is 0. The predicted octanol–water partition coefficient (Wildman–Crippen LogP) is 7.63. The number of fused-ring (bicyclic) bond motifs is 3. The maximum absolute atomic E-state index is 4.90. The van der Waals surface area contributed by atoms with Gasteiger partial charge in [0, 0.05) is 0 Å². The fourth-order valence-electron chi connectivity index (χ4n) is 4.21. The Hall–Kier alpha value is -3.66. The number of nitrogens with zero attached hydrogens (tertiary/aromatic N) is 6. The Morgan fingerprint density at radius 1 is 0.417 bits per heavy atom. The van der Waals surface area contributed by atoms with Crippen LogP contribution in [0.4, 0.5) is 0 Å². The first kappa shape index (κ1) is 21.6. The molecule has 0 aliphatic heterocycles. The minimum atomic E-state index is 0.544. The third-order valence-electron chi connectivity index (χ3n) is 6.07. The van der Waals surface area contributed by atoms with E-state index in [9.17, 15) is 0 Å².